The highest BCUT2D eigenvalue weighted by Gasteiger charge is 2.13. The number of aromatic nitrogens is 1. The first-order chi connectivity index (χ1) is 13.7. The van der Waals surface area contributed by atoms with E-state index in [1.54, 1.807) is 13.2 Å². The normalized spacial score (nSPS) is 14.1. The summed E-state index contributed by atoms with van der Waals surface area (Å²) in [5, 5.41) is 4.72. The number of fused-ring (bicyclic) bond motifs is 3. The lowest BCUT2D eigenvalue weighted by Crippen LogP contribution is -2.17. The summed E-state index contributed by atoms with van der Waals surface area (Å²) in [7, 11) is 3.01. The van der Waals surface area contributed by atoms with Crippen LogP contribution in [0, 0.1) is 0 Å². The van der Waals surface area contributed by atoms with Crippen molar-refractivity contribution in [3.8, 4) is 16.9 Å². The molecule has 0 aliphatic carbocycles. The maximum atomic E-state index is 11.6. The molecular weight excluding hydrogens is 352 g/mol. The van der Waals surface area contributed by atoms with Gasteiger partial charge in [0, 0.05) is 43.3 Å². The van der Waals surface area contributed by atoms with Gasteiger partial charge in [-0.2, -0.15) is 0 Å². The molecule has 4 rings (SSSR count). The Morgan fingerprint density at radius 2 is 2.00 bits per heavy atom. The first-order valence-corrected chi connectivity index (χ1v) is 9.47. The Kier molecular flexibility index (Phi) is 5.17. The van der Waals surface area contributed by atoms with Crippen LogP contribution in [0.15, 0.2) is 48.5 Å². The van der Waals surface area contributed by atoms with E-state index in [4.69, 9.17) is 9.47 Å². The minimum Gasteiger partial charge on any atom is -0.497 e. The summed E-state index contributed by atoms with van der Waals surface area (Å²) in [5.41, 5.74) is 5.68. The van der Waals surface area contributed by atoms with Crippen LogP contribution in [-0.2, 0) is 22.5 Å². The number of rotatable bonds is 4. The summed E-state index contributed by atoms with van der Waals surface area (Å²) >= 11 is 0. The largest absolute Gasteiger partial charge is 0.497 e. The zero-order valence-electron chi connectivity index (χ0n) is 16.2. The van der Waals surface area contributed by atoms with Gasteiger partial charge in [0.1, 0.15) is 5.75 Å². The molecule has 3 aromatic rings. The molecule has 0 atom stereocenters. The van der Waals surface area contributed by atoms with Crippen molar-refractivity contribution in [1.29, 1.82) is 0 Å². The van der Waals surface area contributed by atoms with E-state index in [2.05, 4.69) is 34.1 Å². The summed E-state index contributed by atoms with van der Waals surface area (Å²) in [6, 6.07) is 14.7. The molecule has 0 spiro atoms. The van der Waals surface area contributed by atoms with Gasteiger partial charge in [-0.15, -0.1) is 0 Å². The molecule has 0 saturated heterocycles. The van der Waals surface area contributed by atoms with Crippen LogP contribution in [0.1, 0.15) is 11.3 Å². The molecule has 0 bridgehead atoms. The van der Waals surface area contributed by atoms with Gasteiger partial charge in [-0.25, -0.2) is 4.79 Å². The number of hydrogen-bond donors (Lipinski definition) is 1. The van der Waals surface area contributed by atoms with Crippen molar-refractivity contribution in [2.75, 3.05) is 27.3 Å². The van der Waals surface area contributed by atoms with E-state index in [1.165, 1.54) is 29.8 Å². The molecule has 0 unspecified atom stereocenters. The van der Waals surface area contributed by atoms with Gasteiger partial charge in [-0.1, -0.05) is 18.2 Å². The quantitative estimate of drug-likeness (QED) is 0.558. The van der Waals surface area contributed by atoms with Crippen molar-refractivity contribution < 1.29 is 14.3 Å². The monoisotopic (exact) mass is 376 g/mol. The number of hydrogen-bond acceptors (Lipinski definition) is 4. The molecule has 2 aromatic carbocycles. The van der Waals surface area contributed by atoms with E-state index in [0.717, 1.165) is 48.5 Å². The highest BCUT2D eigenvalue weighted by atomic mass is 16.5. The van der Waals surface area contributed by atoms with Crippen molar-refractivity contribution in [2.45, 2.75) is 13.0 Å². The van der Waals surface area contributed by atoms with E-state index in [0.29, 0.717) is 0 Å². The highest BCUT2D eigenvalue weighted by Crippen LogP contribution is 2.32. The maximum Gasteiger partial charge on any atom is 0.330 e. The summed E-state index contributed by atoms with van der Waals surface area (Å²) in [5.74, 6) is 0.366. The van der Waals surface area contributed by atoms with Gasteiger partial charge in [0.2, 0.25) is 0 Å². The summed E-state index contributed by atoms with van der Waals surface area (Å²) in [6.45, 7) is 2.97. The molecule has 0 amide bonds. The number of nitrogens with zero attached hydrogens (tertiary/aromatic N) is 1. The smallest absolute Gasteiger partial charge is 0.330 e. The Labute approximate surface area is 164 Å². The molecule has 0 saturated carbocycles. The fourth-order valence-electron chi connectivity index (χ4n) is 3.78. The summed E-state index contributed by atoms with van der Waals surface area (Å²) in [6.07, 6.45) is 4.25. The number of methoxy groups -OCH3 is 2. The van der Waals surface area contributed by atoms with Crippen molar-refractivity contribution >= 4 is 22.9 Å². The van der Waals surface area contributed by atoms with E-state index < -0.39 is 0 Å². The molecule has 1 aliphatic rings. The van der Waals surface area contributed by atoms with E-state index >= 15 is 0 Å². The third-order valence-electron chi connectivity index (χ3n) is 5.23. The van der Waals surface area contributed by atoms with Gasteiger partial charge in [0.25, 0.3) is 0 Å². The number of ether oxygens (including phenoxy) is 2. The van der Waals surface area contributed by atoms with Gasteiger partial charge in [-0.3, -0.25) is 0 Å². The van der Waals surface area contributed by atoms with E-state index in [9.17, 15) is 4.79 Å². The molecule has 28 heavy (non-hydrogen) atoms. The van der Waals surface area contributed by atoms with Crippen LogP contribution in [0.2, 0.25) is 0 Å². The Morgan fingerprint density at radius 1 is 1.11 bits per heavy atom. The third-order valence-corrected chi connectivity index (χ3v) is 5.23. The average molecular weight is 376 g/mol. The first kappa shape index (κ1) is 18.3. The third kappa shape index (κ3) is 3.53. The van der Waals surface area contributed by atoms with Crippen molar-refractivity contribution in [1.82, 2.24) is 9.88 Å². The van der Waals surface area contributed by atoms with Crippen LogP contribution >= 0.6 is 0 Å². The second kappa shape index (κ2) is 7.90. The lowest BCUT2D eigenvalue weighted by Gasteiger charge is -2.11. The number of nitrogens with one attached hydrogen (secondary N) is 1. The first-order valence-electron chi connectivity index (χ1n) is 9.47. The standard InChI is InChI=1S/C23H24N2O3/c1-27-20-6-7-21(16(14-20)5-8-23(26)28-2)17-3-4-18-13-19-9-10-24-11-12-25(19)22(18)15-17/h3-8,13-15,24H,9-12H2,1-2H3/b8-5-. The molecule has 5 heteroatoms. The van der Waals surface area contributed by atoms with Gasteiger partial charge in [0.15, 0.2) is 0 Å². The molecule has 2 heterocycles. The number of benzene rings is 2. The lowest BCUT2D eigenvalue weighted by molar-refractivity contribution is -0.134. The fraction of sp³-hybridized carbons (Fsp3) is 0.261. The van der Waals surface area contributed by atoms with Crippen molar-refractivity contribution in [3.05, 3.63) is 59.8 Å². The zero-order valence-corrected chi connectivity index (χ0v) is 16.2. The topological polar surface area (TPSA) is 52.5 Å². The lowest BCUT2D eigenvalue weighted by atomic mass is 9.98. The predicted octanol–water partition coefficient (Wildman–Crippen LogP) is 3.65. The molecule has 5 nitrogen and oxygen atoms in total. The van der Waals surface area contributed by atoms with E-state index in [-0.39, 0.29) is 5.97 Å². The number of carbonyl (C=O) groups is 1. The molecule has 1 N–H and O–H groups in total. The van der Waals surface area contributed by atoms with Crippen LogP contribution in [0.5, 0.6) is 5.75 Å². The Morgan fingerprint density at radius 3 is 2.82 bits per heavy atom. The second-order valence-electron chi connectivity index (χ2n) is 6.87. The Bertz CT molecular complexity index is 1050. The minimum absolute atomic E-state index is 0.381. The highest BCUT2D eigenvalue weighted by molar-refractivity contribution is 5.91. The SMILES string of the molecule is COC(=O)/C=C\c1cc(OC)ccc1-c1ccc2cc3n(c2c1)CCNCC3. The summed E-state index contributed by atoms with van der Waals surface area (Å²) < 4.78 is 12.5. The van der Waals surface area contributed by atoms with E-state index in [1.807, 2.05) is 18.2 Å². The van der Waals surface area contributed by atoms with Crippen molar-refractivity contribution in [2.24, 2.45) is 0 Å². The predicted molar refractivity (Wildman–Crippen MR) is 112 cm³/mol. The van der Waals surface area contributed by atoms with Crippen LogP contribution in [-0.4, -0.2) is 37.8 Å². The molecule has 1 aromatic heterocycles. The van der Waals surface area contributed by atoms with Gasteiger partial charge < -0.3 is 19.4 Å². The summed E-state index contributed by atoms with van der Waals surface area (Å²) in [4.78, 5) is 11.6. The average Bonchev–Trinajstić information content (AvgIpc) is 2.91. The van der Waals surface area contributed by atoms with Crippen LogP contribution < -0.4 is 10.1 Å². The van der Waals surface area contributed by atoms with Crippen molar-refractivity contribution in [3.63, 3.8) is 0 Å². The maximum absolute atomic E-state index is 11.6. The van der Waals surface area contributed by atoms with Crippen LogP contribution in [0.3, 0.4) is 0 Å². The van der Waals surface area contributed by atoms with Crippen LogP contribution in [0.4, 0.5) is 0 Å². The van der Waals surface area contributed by atoms with Gasteiger partial charge in [-0.05, 0) is 52.4 Å². The van der Waals surface area contributed by atoms with Gasteiger partial charge >= 0.3 is 5.97 Å². The molecule has 0 fully saturated rings. The number of carbonyl (C=O) groups excluding carboxylic acids is 1. The second-order valence-corrected chi connectivity index (χ2v) is 6.87. The van der Waals surface area contributed by atoms with Crippen LogP contribution in [0.25, 0.3) is 28.1 Å². The molecule has 0 radical (unpaired) electrons. The van der Waals surface area contributed by atoms with Gasteiger partial charge in [0.05, 0.1) is 14.2 Å². The molecule has 1 aliphatic heterocycles. The zero-order chi connectivity index (χ0) is 19.5. The fourth-order valence-corrected chi connectivity index (χ4v) is 3.78. The minimum atomic E-state index is -0.381. The molecular formula is C23H24N2O3. The Hall–Kier alpha value is -3.05. The number of esters is 1. The Balaban J connectivity index is 1.81. The molecule has 144 valence electrons.